The molecule has 0 spiro atoms. The first-order valence-corrected chi connectivity index (χ1v) is 3.12. The van der Waals surface area contributed by atoms with Crippen LogP contribution in [0.15, 0.2) is 23.0 Å². The fraction of sp³-hybridized carbons (Fsp3) is 0.250. The number of rotatable bonds is 0. The Labute approximate surface area is 64.8 Å². The van der Waals surface area contributed by atoms with Crippen molar-refractivity contribution in [2.45, 2.75) is 6.92 Å². The molecule has 0 radical (unpaired) electrons. The first-order chi connectivity index (χ1) is 5.27. The van der Waals surface area contributed by atoms with Crippen molar-refractivity contribution in [2.75, 3.05) is 6.61 Å². The summed E-state index contributed by atoms with van der Waals surface area (Å²) in [5.41, 5.74) is 1.07. The van der Waals surface area contributed by atoms with E-state index in [0.717, 1.165) is 5.57 Å². The molecule has 54 valence electrons. The normalized spacial score (nSPS) is 14.5. The van der Waals surface area contributed by atoms with Crippen molar-refractivity contribution < 1.29 is 4.74 Å². The maximum Gasteiger partial charge on any atom is 0.171 e. The molecule has 11 heavy (non-hydrogen) atoms. The van der Waals surface area contributed by atoms with Gasteiger partial charge in [0.05, 0.1) is 0 Å². The molecule has 1 rings (SSSR count). The highest BCUT2D eigenvalue weighted by atomic mass is 16.5. The van der Waals surface area contributed by atoms with Crippen LogP contribution in [0.5, 0.6) is 0 Å². The molecule has 0 saturated heterocycles. The van der Waals surface area contributed by atoms with E-state index in [2.05, 4.69) is 0 Å². The second kappa shape index (κ2) is 2.90. The number of nitrogens with zero attached hydrogens (tertiary/aromatic N) is 2. The third kappa shape index (κ3) is 1.39. The summed E-state index contributed by atoms with van der Waals surface area (Å²) in [6.45, 7) is 2.38. The van der Waals surface area contributed by atoms with Crippen molar-refractivity contribution in [2.24, 2.45) is 0 Å². The summed E-state index contributed by atoms with van der Waals surface area (Å²) in [4.78, 5) is 0. The van der Waals surface area contributed by atoms with Crippen molar-refractivity contribution in [1.82, 2.24) is 0 Å². The van der Waals surface area contributed by atoms with E-state index in [1.54, 1.807) is 18.2 Å². The van der Waals surface area contributed by atoms with Gasteiger partial charge in [0.15, 0.2) is 5.57 Å². The highest BCUT2D eigenvalue weighted by Gasteiger charge is 2.11. The van der Waals surface area contributed by atoms with E-state index in [-0.39, 0.29) is 5.57 Å². The number of hydrogen-bond donors (Lipinski definition) is 0. The third-order valence-electron chi connectivity index (χ3n) is 1.30. The Morgan fingerprint density at radius 1 is 1.55 bits per heavy atom. The quantitative estimate of drug-likeness (QED) is 0.483. The topological polar surface area (TPSA) is 56.8 Å². The lowest BCUT2D eigenvalue weighted by molar-refractivity contribution is 0.271. The minimum absolute atomic E-state index is 0.0434. The summed E-state index contributed by atoms with van der Waals surface area (Å²) in [5, 5.41) is 16.9. The molecule has 1 aliphatic heterocycles. The Hall–Kier alpha value is -1.74. The monoisotopic (exact) mass is 146 g/mol. The van der Waals surface area contributed by atoms with E-state index in [4.69, 9.17) is 15.3 Å². The predicted molar refractivity (Wildman–Crippen MR) is 38.0 cm³/mol. The maximum absolute atomic E-state index is 8.43. The van der Waals surface area contributed by atoms with Gasteiger partial charge >= 0.3 is 0 Å². The number of hydrogen-bond acceptors (Lipinski definition) is 3. The lowest BCUT2D eigenvalue weighted by Gasteiger charge is -1.94. The van der Waals surface area contributed by atoms with Crippen molar-refractivity contribution in [3.63, 3.8) is 0 Å². The van der Waals surface area contributed by atoms with Crippen LogP contribution in [0.3, 0.4) is 0 Å². The number of ether oxygens (including phenoxy) is 1. The highest BCUT2D eigenvalue weighted by Crippen LogP contribution is 2.17. The largest absolute Gasteiger partial charge is 0.487 e. The first kappa shape index (κ1) is 7.37. The van der Waals surface area contributed by atoms with Crippen molar-refractivity contribution in [3.05, 3.63) is 23.0 Å². The average Bonchev–Trinajstić information content (AvgIpc) is 2.39. The molecular weight excluding hydrogens is 140 g/mol. The van der Waals surface area contributed by atoms with Crippen LogP contribution in [0.1, 0.15) is 6.92 Å². The van der Waals surface area contributed by atoms with E-state index >= 15 is 0 Å². The lowest BCUT2D eigenvalue weighted by Crippen LogP contribution is -1.86. The first-order valence-electron chi connectivity index (χ1n) is 3.12. The van der Waals surface area contributed by atoms with E-state index < -0.39 is 0 Å². The minimum Gasteiger partial charge on any atom is -0.487 e. The number of allylic oxidation sites excluding steroid dienone is 2. The van der Waals surface area contributed by atoms with Gasteiger partial charge in [-0.15, -0.1) is 0 Å². The highest BCUT2D eigenvalue weighted by molar-refractivity contribution is 5.44. The van der Waals surface area contributed by atoms with Gasteiger partial charge in [-0.2, -0.15) is 10.5 Å². The second-order valence-corrected chi connectivity index (χ2v) is 2.24. The van der Waals surface area contributed by atoms with Crippen LogP contribution < -0.4 is 0 Å². The maximum atomic E-state index is 8.43. The smallest absolute Gasteiger partial charge is 0.171 e. The van der Waals surface area contributed by atoms with Gasteiger partial charge in [0.1, 0.15) is 24.5 Å². The minimum atomic E-state index is 0.0434. The third-order valence-corrected chi connectivity index (χ3v) is 1.30. The summed E-state index contributed by atoms with van der Waals surface area (Å²) in [6, 6.07) is 3.53. The van der Waals surface area contributed by atoms with Crippen molar-refractivity contribution in [1.29, 1.82) is 10.5 Å². The summed E-state index contributed by atoms with van der Waals surface area (Å²) in [5.74, 6) is 0.396. The Morgan fingerprint density at radius 2 is 2.18 bits per heavy atom. The van der Waals surface area contributed by atoms with Gasteiger partial charge < -0.3 is 4.74 Å². The van der Waals surface area contributed by atoms with Crippen LogP contribution in [-0.2, 0) is 4.74 Å². The molecule has 0 N–H and O–H groups in total. The molecule has 0 unspecified atom stereocenters. The van der Waals surface area contributed by atoms with E-state index in [1.165, 1.54) is 0 Å². The molecule has 3 heteroatoms. The van der Waals surface area contributed by atoms with Crippen LogP contribution in [0, 0.1) is 22.7 Å². The molecule has 0 aliphatic carbocycles. The number of nitriles is 2. The van der Waals surface area contributed by atoms with Crippen LogP contribution in [0.4, 0.5) is 0 Å². The molecule has 0 aromatic carbocycles. The van der Waals surface area contributed by atoms with E-state index in [9.17, 15) is 0 Å². The molecule has 0 atom stereocenters. The van der Waals surface area contributed by atoms with Gasteiger partial charge in [0, 0.05) is 0 Å². The molecule has 1 aliphatic rings. The molecule has 0 aromatic heterocycles. The summed E-state index contributed by atoms with van der Waals surface area (Å²) >= 11 is 0. The van der Waals surface area contributed by atoms with Gasteiger partial charge in [0.25, 0.3) is 0 Å². The standard InChI is InChI=1S/C8H6N2O/c1-6-2-8(11-5-6)7(3-9)4-10/h2H,5H2,1H3. The van der Waals surface area contributed by atoms with E-state index in [0.29, 0.717) is 12.4 Å². The zero-order valence-corrected chi connectivity index (χ0v) is 6.09. The van der Waals surface area contributed by atoms with Crippen LogP contribution >= 0.6 is 0 Å². The summed E-state index contributed by atoms with van der Waals surface area (Å²) in [6.07, 6.45) is 1.71. The van der Waals surface area contributed by atoms with Crippen LogP contribution in [0.2, 0.25) is 0 Å². The Balaban J connectivity index is 3.02. The Kier molecular flexibility index (Phi) is 1.94. The van der Waals surface area contributed by atoms with Gasteiger partial charge in [-0.1, -0.05) is 0 Å². The van der Waals surface area contributed by atoms with Gasteiger partial charge in [-0.25, -0.2) is 0 Å². The Morgan fingerprint density at radius 3 is 2.55 bits per heavy atom. The molecule has 0 aromatic rings. The zero-order chi connectivity index (χ0) is 8.27. The second-order valence-electron chi connectivity index (χ2n) is 2.24. The Bertz CT molecular complexity index is 296. The SMILES string of the molecule is CC1=CC(=C(C#N)C#N)OC1. The molecule has 0 amide bonds. The average molecular weight is 146 g/mol. The molecule has 3 nitrogen and oxygen atoms in total. The summed E-state index contributed by atoms with van der Waals surface area (Å²) in [7, 11) is 0. The van der Waals surface area contributed by atoms with Crippen LogP contribution in [0.25, 0.3) is 0 Å². The van der Waals surface area contributed by atoms with Gasteiger partial charge in [-0.3, -0.25) is 0 Å². The fourth-order valence-corrected chi connectivity index (χ4v) is 0.778. The lowest BCUT2D eigenvalue weighted by atomic mass is 10.2. The van der Waals surface area contributed by atoms with Crippen LogP contribution in [-0.4, -0.2) is 6.61 Å². The van der Waals surface area contributed by atoms with E-state index in [1.807, 2.05) is 6.92 Å². The molecule has 0 bridgehead atoms. The fourth-order valence-electron chi connectivity index (χ4n) is 0.778. The molecule has 0 saturated carbocycles. The van der Waals surface area contributed by atoms with Crippen molar-refractivity contribution in [3.8, 4) is 12.1 Å². The zero-order valence-electron chi connectivity index (χ0n) is 6.09. The van der Waals surface area contributed by atoms with Crippen molar-refractivity contribution >= 4 is 0 Å². The van der Waals surface area contributed by atoms with Gasteiger partial charge in [0.2, 0.25) is 0 Å². The van der Waals surface area contributed by atoms with Gasteiger partial charge in [-0.05, 0) is 18.6 Å². The summed E-state index contributed by atoms with van der Waals surface area (Å²) < 4.78 is 5.05. The molecular formula is C8H6N2O. The molecule has 0 fully saturated rings. The predicted octanol–water partition coefficient (Wildman–Crippen LogP) is 1.26. The molecule has 1 heterocycles.